The number of alkyl halides is 3. The number of anilines is 2. The Morgan fingerprint density at radius 3 is 2.81 bits per heavy atom. The number of nitrogen functional groups attached to an aromatic ring is 1. The van der Waals surface area contributed by atoms with Gasteiger partial charge in [-0.3, -0.25) is 4.90 Å². The van der Waals surface area contributed by atoms with Gasteiger partial charge in [0.25, 0.3) is 6.43 Å². The summed E-state index contributed by atoms with van der Waals surface area (Å²) in [7, 11) is 0. The molecule has 47 heavy (non-hydrogen) atoms. The Labute approximate surface area is 279 Å². The van der Waals surface area contributed by atoms with Gasteiger partial charge in [0, 0.05) is 28.9 Å². The Bertz CT molecular complexity index is 2010. The van der Waals surface area contributed by atoms with E-state index in [-0.39, 0.29) is 91.0 Å². The lowest BCUT2D eigenvalue weighted by Crippen LogP contribution is -2.44. The van der Waals surface area contributed by atoms with Crippen LogP contribution in [0.25, 0.3) is 32.1 Å². The monoisotopic (exact) mass is 710 g/mol. The third-order valence-corrected chi connectivity index (χ3v) is 10.7. The lowest BCUT2D eigenvalue weighted by molar-refractivity contribution is 0.107. The Hall–Kier alpha value is -3.64. The van der Waals surface area contributed by atoms with Crippen LogP contribution < -0.4 is 20.1 Å². The zero-order valence-corrected chi connectivity index (χ0v) is 26.8. The number of nitrogens with zero attached hydrogens (tertiary/aromatic N) is 5. The Morgan fingerprint density at radius 1 is 1.30 bits per heavy atom. The van der Waals surface area contributed by atoms with E-state index < -0.39 is 47.9 Å². The van der Waals surface area contributed by atoms with E-state index in [4.69, 9.17) is 38.4 Å². The molecule has 0 saturated carbocycles. The van der Waals surface area contributed by atoms with E-state index in [1.165, 1.54) is 6.07 Å². The molecular weight excluding hydrogens is 686 g/mol. The summed E-state index contributed by atoms with van der Waals surface area (Å²) in [5.41, 5.74) is 4.69. The van der Waals surface area contributed by atoms with Crippen molar-refractivity contribution in [2.75, 3.05) is 43.5 Å². The summed E-state index contributed by atoms with van der Waals surface area (Å²) >= 11 is 14.0. The molecule has 8 nitrogen and oxygen atoms in total. The first-order chi connectivity index (χ1) is 22.4. The van der Waals surface area contributed by atoms with E-state index in [2.05, 4.69) is 16.5 Å². The number of fused-ring (bicyclic) bond motifs is 2. The number of ether oxygens (including phenoxy) is 2. The molecule has 0 aliphatic carbocycles. The molecule has 0 amide bonds. The molecule has 2 N–H and O–H groups in total. The maximum absolute atomic E-state index is 17.0. The summed E-state index contributed by atoms with van der Waals surface area (Å²) in [4.78, 5) is 12.0. The van der Waals surface area contributed by atoms with Crippen LogP contribution in [0.2, 0.25) is 5.02 Å². The van der Waals surface area contributed by atoms with E-state index in [0.717, 1.165) is 28.7 Å². The molecule has 0 bridgehead atoms. The number of thiophene rings is 1. The SMILES string of the molecule is C=C(Cl)C1COc2c(Cl)c(-c3ccc(F)c4sc(N)c(C#N)c34)c(F)c3nc(OC[C@@]45CCCN4C[C@H](F)C5)nc(c23)N1CC(F)F. The highest BCUT2D eigenvalue weighted by atomic mass is 35.5. The first-order valence-corrected chi connectivity index (χ1v) is 16.2. The molecule has 0 radical (unpaired) electrons. The standard InChI is InChI=1S/C31H25Cl2F5N6O2S/c1-13(32)18-11-45-26-22-25(24(38)21(23(26)33)15-3-4-17(35)27-20(15)16(8-39)28(40)47-27)41-30(42-29(22)44(18)10-19(36)37)46-12-31-5-2-6-43(31)9-14(34)7-31/h3-4,14,18-19H,1-2,5-7,9-12,40H2/t14-,18?,31+/m1/s1. The third-order valence-electron chi connectivity index (χ3n) is 9.10. The van der Waals surface area contributed by atoms with Gasteiger partial charge in [-0.2, -0.15) is 15.2 Å². The zero-order chi connectivity index (χ0) is 33.4. The number of benzene rings is 2. The van der Waals surface area contributed by atoms with Crippen molar-refractivity contribution in [3.8, 4) is 29.0 Å². The molecule has 16 heteroatoms. The number of hydrogen-bond acceptors (Lipinski definition) is 9. The Morgan fingerprint density at radius 2 is 2.09 bits per heavy atom. The van der Waals surface area contributed by atoms with E-state index in [1.54, 1.807) is 0 Å². The summed E-state index contributed by atoms with van der Waals surface area (Å²) in [6.07, 6.45) is -2.19. The van der Waals surface area contributed by atoms with Crippen LogP contribution >= 0.6 is 34.5 Å². The van der Waals surface area contributed by atoms with Crippen LogP contribution in [0.1, 0.15) is 24.8 Å². The second kappa shape index (κ2) is 11.8. The molecule has 246 valence electrons. The maximum Gasteiger partial charge on any atom is 0.319 e. The highest BCUT2D eigenvalue weighted by Gasteiger charge is 2.49. The van der Waals surface area contributed by atoms with Crippen LogP contribution in [0.4, 0.5) is 32.8 Å². The fraction of sp³-hybridized carbons (Fsp3) is 0.387. The highest BCUT2D eigenvalue weighted by Crippen LogP contribution is 2.51. The fourth-order valence-corrected chi connectivity index (χ4v) is 8.52. The summed E-state index contributed by atoms with van der Waals surface area (Å²) in [5, 5.41) is 9.44. The zero-order valence-electron chi connectivity index (χ0n) is 24.4. The minimum Gasteiger partial charge on any atom is -0.489 e. The van der Waals surface area contributed by atoms with Gasteiger partial charge in [-0.05, 0) is 31.0 Å². The van der Waals surface area contributed by atoms with Crippen LogP contribution in [0.3, 0.4) is 0 Å². The van der Waals surface area contributed by atoms with Crippen molar-refractivity contribution in [3.05, 3.63) is 46.0 Å². The number of hydrogen-bond donors (Lipinski definition) is 1. The Kier molecular flexibility index (Phi) is 8.02. The number of nitriles is 1. The number of rotatable bonds is 7. The van der Waals surface area contributed by atoms with Crippen LogP contribution in [0, 0.1) is 23.0 Å². The van der Waals surface area contributed by atoms with Gasteiger partial charge in [0.05, 0.1) is 38.8 Å². The summed E-state index contributed by atoms with van der Waals surface area (Å²) in [5.74, 6) is -2.04. The number of aromatic nitrogens is 2. The molecule has 2 fully saturated rings. The molecule has 3 aliphatic heterocycles. The minimum absolute atomic E-state index is 0.0102. The fourth-order valence-electron chi connectivity index (χ4n) is 7.06. The van der Waals surface area contributed by atoms with Crippen molar-refractivity contribution >= 4 is 66.3 Å². The predicted octanol–water partition coefficient (Wildman–Crippen LogP) is 7.44. The van der Waals surface area contributed by atoms with E-state index in [9.17, 15) is 22.8 Å². The van der Waals surface area contributed by atoms with Crippen LogP contribution in [0.15, 0.2) is 23.7 Å². The van der Waals surface area contributed by atoms with Gasteiger partial charge in [0.15, 0.2) is 11.6 Å². The quantitative estimate of drug-likeness (QED) is 0.198. The van der Waals surface area contributed by atoms with Gasteiger partial charge in [-0.1, -0.05) is 35.8 Å². The molecule has 0 spiro atoms. The van der Waals surface area contributed by atoms with Gasteiger partial charge in [0.2, 0.25) is 0 Å². The molecule has 4 aromatic rings. The van der Waals surface area contributed by atoms with Gasteiger partial charge in [-0.15, -0.1) is 11.3 Å². The Balaban J connectivity index is 1.48. The number of halogens is 7. The topological polar surface area (TPSA) is 101 Å². The molecular formula is C31H25Cl2F5N6O2S. The van der Waals surface area contributed by atoms with Crippen LogP contribution in [-0.4, -0.2) is 71.9 Å². The van der Waals surface area contributed by atoms with E-state index in [0.29, 0.717) is 13.0 Å². The molecule has 3 aliphatic rings. The lowest BCUT2D eigenvalue weighted by atomic mass is 9.95. The average molecular weight is 712 g/mol. The van der Waals surface area contributed by atoms with Crippen LogP contribution in [0.5, 0.6) is 11.8 Å². The largest absolute Gasteiger partial charge is 0.489 e. The van der Waals surface area contributed by atoms with Crippen molar-refractivity contribution in [1.82, 2.24) is 14.9 Å². The molecule has 2 aromatic carbocycles. The number of nitrogens with two attached hydrogens (primary N) is 1. The second-order valence-electron chi connectivity index (χ2n) is 11.8. The van der Waals surface area contributed by atoms with Crippen LogP contribution in [-0.2, 0) is 0 Å². The predicted molar refractivity (Wildman–Crippen MR) is 171 cm³/mol. The van der Waals surface area contributed by atoms with Crippen molar-refractivity contribution in [2.24, 2.45) is 0 Å². The van der Waals surface area contributed by atoms with Crippen molar-refractivity contribution in [3.63, 3.8) is 0 Å². The maximum atomic E-state index is 17.0. The van der Waals surface area contributed by atoms with Gasteiger partial charge < -0.3 is 20.1 Å². The average Bonchev–Trinajstić information content (AvgIpc) is 3.63. The van der Waals surface area contributed by atoms with Crippen molar-refractivity contribution in [2.45, 2.75) is 43.4 Å². The lowest BCUT2D eigenvalue weighted by Gasteiger charge is -2.32. The van der Waals surface area contributed by atoms with E-state index >= 15 is 4.39 Å². The third kappa shape index (κ3) is 5.10. The molecule has 7 rings (SSSR count). The molecule has 5 heterocycles. The second-order valence-corrected chi connectivity index (χ2v) is 13.7. The van der Waals surface area contributed by atoms with E-state index in [1.807, 2.05) is 11.0 Å². The smallest absolute Gasteiger partial charge is 0.319 e. The van der Waals surface area contributed by atoms with Gasteiger partial charge in [0.1, 0.15) is 47.6 Å². The summed E-state index contributed by atoms with van der Waals surface area (Å²) in [6.45, 7) is 3.44. The van der Waals surface area contributed by atoms with Gasteiger partial charge >= 0.3 is 6.01 Å². The normalized spacial score (nSPS) is 22.5. The molecule has 2 saturated heterocycles. The van der Waals surface area contributed by atoms with Crippen molar-refractivity contribution < 1.29 is 31.4 Å². The summed E-state index contributed by atoms with van der Waals surface area (Å²) in [6, 6.07) is 2.90. The minimum atomic E-state index is -2.88. The first-order valence-electron chi connectivity index (χ1n) is 14.6. The molecule has 1 unspecified atom stereocenters. The van der Waals surface area contributed by atoms with Crippen molar-refractivity contribution in [1.29, 1.82) is 5.26 Å². The first kappa shape index (κ1) is 31.9. The molecule has 2 aromatic heterocycles. The summed E-state index contributed by atoms with van der Waals surface area (Å²) < 4.78 is 86.6. The highest BCUT2D eigenvalue weighted by molar-refractivity contribution is 7.23. The van der Waals surface area contributed by atoms with Gasteiger partial charge in [-0.25, -0.2) is 22.0 Å². The molecule has 3 atom stereocenters.